The third-order valence-corrected chi connectivity index (χ3v) is 5.00. The second-order valence-electron chi connectivity index (χ2n) is 6.90. The van der Waals surface area contributed by atoms with Crippen molar-refractivity contribution in [1.29, 1.82) is 0 Å². The quantitative estimate of drug-likeness (QED) is 0.731. The van der Waals surface area contributed by atoms with E-state index in [0.29, 0.717) is 0 Å². The monoisotopic (exact) mass is 364 g/mol. The molecule has 2 N–H and O–H groups in total. The molecule has 0 fully saturated rings. The number of nitrogens with one attached hydrogen (secondary N) is 2. The van der Waals surface area contributed by atoms with Crippen molar-refractivity contribution in [3.8, 4) is 0 Å². The summed E-state index contributed by atoms with van der Waals surface area (Å²) in [6.07, 6.45) is 10.2. The third kappa shape index (κ3) is 4.02. The Labute approximate surface area is 158 Å². The van der Waals surface area contributed by atoms with Crippen LogP contribution in [0.15, 0.2) is 49.2 Å². The minimum Gasteiger partial charge on any atom is -0.335 e. The molecule has 3 aromatic rings. The van der Waals surface area contributed by atoms with Crippen LogP contribution in [0.4, 0.5) is 10.5 Å². The highest BCUT2D eigenvalue weighted by Gasteiger charge is 2.23. The number of benzene rings is 1. The van der Waals surface area contributed by atoms with Gasteiger partial charge in [0.1, 0.15) is 0 Å². The highest BCUT2D eigenvalue weighted by Crippen LogP contribution is 2.21. The van der Waals surface area contributed by atoms with E-state index in [4.69, 9.17) is 0 Å². The van der Waals surface area contributed by atoms with E-state index in [0.717, 1.165) is 43.6 Å². The maximum atomic E-state index is 12.3. The van der Waals surface area contributed by atoms with E-state index in [9.17, 15) is 4.79 Å². The number of aromatic nitrogens is 4. The standard InChI is InChI=1S/C20H24N6O/c1-2-26-19-8-7-18(11-16(19)12-22-26)24-20(27)23-17-5-3-15(4-6-17)13-25-10-9-21-14-25/h3-6,9-10,12,14,18H,2,7-8,11,13H2,1H3,(H2,23,24,27). The lowest BCUT2D eigenvalue weighted by Crippen LogP contribution is -2.41. The summed E-state index contributed by atoms with van der Waals surface area (Å²) in [5.74, 6) is 0. The van der Waals surface area contributed by atoms with Gasteiger partial charge in [-0.15, -0.1) is 0 Å². The number of rotatable bonds is 5. The first-order chi connectivity index (χ1) is 13.2. The van der Waals surface area contributed by atoms with Crippen LogP contribution in [0.5, 0.6) is 0 Å². The molecule has 7 nitrogen and oxygen atoms in total. The number of carbonyl (C=O) groups is 1. The first kappa shape index (κ1) is 17.3. The first-order valence-electron chi connectivity index (χ1n) is 9.37. The SMILES string of the molecule is CCn1ncc2c1CCC(NC(=O)Nc1ccc(Cn3ccnc3)cc1)C2. The Morgan fingerprint density at radius 2 is 2.15 bits per heavy atom. The minimum atomic E-state index is -0.159. The number of hydrogen-bond acceptors (Lipinski definition) is 3. The van der Waals surface area contributed by atoms with Crippen LogP contribution in [0, 0.1) is 0 Å². The van der Waals surface area contributed by atoms with E-state index in [-0.39, 0.29) is 12.1 Å². The topological polar surface area (TPSA) is 76.8 Å². The fourth-order valence-electron chi connectivity index (χ4n) is 3.62. The lowest BCUT2D eigenvalue weighted by Gasteiger charge is -2.24. The molecule has 2 amide bonds. The zero-order valence-corrected chi connectivity index (χ0v) is 15.4. The van der Waals surface area contributed by atoms with E-state index in [1.54, 1.807) is 12.5 Å². The molecule has 1 atom stereocenters. The number of carbonyl (C=O) groups excluding carboxylic acids is 1. The summed E-state index contributed by atoms with van der Waals surface area (Å²) in [7, 11) is 0. The van der Waals surface area contributed by atoms with Crippen LogP contribution in [-0.2, 0) is 25.9 Å². The van der Waals surface area contributed by atoms with Crippen molar-refractivity contribution in [2.45, 2.75) is 45.3 Å². The van der Waals surface area contributed by atoms with Gasteiger partial charge in [0.15, 0.2) is 0 Å². The number of hydrogen-bond donors (Lipinski definition) is 2. The Morgan fingerprint density at radius 3 is 2.89 bits per heavy atom. The highest BCUT2D eigenvalue weighted by molar-refractivity contribution is 5.89. The average molecular weight is 364 g/mol. The van der Waals surface area contributed by atoms with Crippen molar-refractivity contribution in [3.05, 3.63) is 66.0 Å². The van der Waals surface area contributed by atoms with Gasteiger partial charge in [-0.25, -0.2) is 9.78 Å². The van der Waals surface area contributed by atoms with E-state index < -0.39 is 0 Å². The van der Waals surface area contributed by atoms with Gasteiger partial charge in [0.2, 0.25) is 0 Å². The van der Waals surface area contributed by atoms with E-state index >= 15 is 0 Å². The molecule has 2 heterocycles. The summed E-state index contributed by atoms with van der Waals surface area (Å²) >= 11 is 0. The van der Waals surface area contributed by atoms with Gasteiger partial charge < -0.3 is 15.2 Å². The maximum absolute atomic E-state index is 12.3. The molecule has 1 aromatic carbocycles. The average Bonchev–Trinajstić information content (AvgIpc) is 3.32. The van der Waals surface area contributed by atoms with Gasteiger partial charge in [0.05, 0.1) is 12.5 Å². The molecule has 0 aliphatic heterocycles. The molecule has 0 saturated carbocycles. The largest absolute Gasteiger partial charge is 0.335 e. The summed E-state index contributed by atoms with van der Waals surface area (Å²) in [4.78, 5) is 16.4. The van der Waals surface area contributed by atoms with Crippen LogP contribution < -0.4 is 10.6 Å². The first-order valence-corrected chi connectivity index (χ1v) is 9.37. The Kier molecular flexibility index (Phi) is 4.91. The molecule has 27 heavy (non-hydrogen) atoms. The smallest absolute Gasteiger partial charge is 0.319 e. The molecule has 1 aliphatic rings. The molecule has 0 spiro atoms. The molecular weight excluding hydrogens is 340 g/mol. The van der Waals surface area contributed by atoms with Gasteiger partial charge in [0, 0.05) is 42.9 Å². The summed E-state index contributed by atoms with van der Waals surface area (Å²) < 4.78 is 4.06. The van der Waals surface area contributed by atoms with Crippen molar-refractivity contribution in [2.75, 3.05) is 5.32 Å². The second-order valence-corrected chi connectivity index (χ2v) is 6.90. The molecule has 2 aromatic heterocycles. The van der Waals surface area contributed by atoms with Crippen LogP contribution in [-0.4, -0.2) is 31.4 Å². The number of anilines is 1. The molecule has 0 bridgehead atoms. The predicted octanol–water partition coefficient (Wildman–Crippen LogP) is 2.83. The van der Waals surface area contributed by atoms with Gasteiger partial charge in [-0.05, 0) is 49.4 Å². The maximum Gasteiger partial charge on any atom is 0.319 e. The van der Waals surface area contributed by atoms with Crippen LogP contribution in [0.25, 0.3) is 0 Å². The lowest BCUT2D eigenvalue weighted by molar-refractivity contribution is 0.247. The third-order valence-electron chi connectivity index (χ3n) is 5.00. The van der Waals surface area contributed by atoms with Crippen molar-refractivity contribution in [3.63, 3.8) is 0 Å². The molecule has 7 heteroatoms. The summed E-state index contributed by atoms with van der Waals surface area (Å²) in [5.41, 5.74) is 4.51. The Hall–Kier alpha value is -3.09. The fourth-order valence-corrected chi connectivity index (χ4v) is 3.62. The number of imidazole rings is 1. The Morgan fingerprint density at radius 1 is 1.30 bits per heavy atom. The summed E-state index contributed by atoms with van der Waals surface area (Å²) in [6, 6.07) is 7.87. The van der Waals surface area contributed by atoms with Crippen molar-refractivity contribution >= 4 is 11.7 Å². The van der Waals surface area contributed by atoms with Gasteiger partial charge in [-0.3, -0.25) is 4.68 Å². The van der Waals surface area contributed by atoms with Crippen LogP contribution >= 0.6 is 0 Å². The van der Waals surface area contributed by atoms with Crippen molar-refractivity contribution < 1.29 is 4.79 Å². The van der Waals surface area contributed by atoms with Crippen LogP contribution in [0.3, 0.4) is 0 Å². The lowest BCUT2D eigenvalue weighted by atomic mass is 9.93. The van der Waals surface area contributed by atoms with Gasteiger partial charge in [-0.2, -0.15) is 5.10 Å². The van der Waals surface area contributed by atoms with Gasteiger partial charge >= 0.3 is 6.03 Å². The van der Waals surface area contributed by atoms with Crippen LogP contribution in [0.2, 0.25) is 0 Å². The zero-order valence-electron chi connectivity index (χ0n) is 15.4. The Bertz CT molecular complexity index is 897. The number of nitrogens with zero attached hydrogens (tertiary/aromatic N) is 4. The molecule has 0 radical (unpaired) electrons. The summed E-state index contributed by atoms with van der Waals surface area (Å²) in [5, 5.41) is 10.4. The number of fused-ring (bicyclic) bond motifs is 1. The van der Waals surface area contributed by atoms with Gasteiger partial charge in [-0.1, -0.05) is 12.1 Å². The molecule has 1 aliphatic carbocycles. The van der Waals surface area contributed by atoms with E-state index in [2.05, 4.69) is 32.3 Å². The molecule has 1 unspecified atom stereocenters. The number of amides is 2. The van der Waals surface area contributed by atoms with Gasteiger partial charge in [0.25, 0.3) is 0 Å². The second kappa shape index (κ2) is 7.65. The minimum absolute atomic E-state index is 0.146. The zero-order chi connectivity index (χ0) is 18.6. The Balaban J connectivity index is 1.30. The summed E-state index contributed by atoms with van der Waals surface area (Å²) in [6.45, 7) is 3.76. The molecule has 4 rings (SSSR count). The van der Waals surface area contributed by atoms with E-state index in [1.165, 1.54) is 11.3 Å². The molecule has 140 valence electrons. The van der Waals surface area contributed by atoms with Crippen molar-refractivity contribution in [1.82, 2.24) is 24.6 Å². The highest BCUT2D eigenvalue weighted by atomic mass is 16.2. The van der Waals surface area contributed by atoms with Crippen LogP contribution in [0.1, 0.15) is 30.2 Å². The number of urea groups is 1. The number of aryl methyl sites for hydroxylation is 1. The normalized spacial score (nSPS) is 16.0. The fraction of sp³-hybridized carbons (Fsp3) is 0.350. The predicted molar refractivity (Wildman–Crippen MR) is 104 cm³/mol. The van der Waals surface area contributed by atoms with E-state index in [1.807, 2.05) is 41.2 Å². The molecular formula is C20H24N6O. The van der Waals surface area contributed by atoms with Crippen molar-refractivity contribution in [2.24, 2.45) is 0 Å². The molecule has 0 saturated heterocycles.